The lowest BCUT2D eigenvalue weighted by Gasteiger charge is -2.34. The highest BCUT2D eigenvalue weighted by molar-refractivity contribution is 7.00. The van der Waals surface area contributed by atoms with Gasteiger partial charge in [-0.15, -0.1) is 0 Å². The van der Waals surface area contributed by atoms with Gasteiger partial charge in [0, 0.05) is 60.6 Å². The molecule has 87 heavy (non-hydrogen) atoms. The summed E-state index contributed by atoms with van der Waals surface area (Å²) in [5, 5.41) is 5.11. The van der Waals surface area contributed by atoms with Crippen molar-refractivity contribution in [1.29, 1.82) is 0 Å². The van der Waals surface area contributed by atoms with Gasteiger partial charge in [0.05, 0.1) is 22.4 Å². The Balaban J connectivity index is 1.17. The zero-order chi connectivity index (χ0) is 61.4. The van der Waals surface area contributed by atoms with Gasteiger partial charge in [0.1, 0.15) is 0 Å². The molecular formula is C82H83BN4. The van der Waals surface area contributed by atoms with Crippen LogP contribution in [0.3, 0.4) is 0 Å². The van der Waals surface area contributed by atoms with Crippen LogP contribution >= 0.6 is 0 Å². The Kier molecular flexibility index (Phi) is 12.4. The molecule has 14 rings (SSSR count). The van der Waals surface area contributed by atoms with Crippen molar-refractivity contribution in [2.45, 2.75) is 157 Å². The Hall–Kier alpha value is -8.28. The van der Waals surface area contributed by atoms with Crippen molar-refractivity contribution in [3.63, 3.8) is 0 Å². The smallest absolute Gasteiger partial charge is 0.252 e. The molecular weight excluding hydrogens is 1050 g/mol. The number of hydrogen-bond acceptors (Lipinski definition) is 2. The van der Waals surface area contributed by atoms with Crippen molar-refractivity contribution >= 4 is 66.7 Å². The van der Waals surface area contributed by atoms with Crippen LogP contribution in [0.4, 0.5) is 0 Å². The molecule has 4 nitrogen and oxygen atoms in total. The maximum absolute atomic E-state index is 5.89. The van der Waals surface area contributed by atoms with E-state index in [1.54, 1.807) is 0 Å². The van der Waals surface area contributed by atoms with Crippen LogP contribution in [0, 0.1) is 0 Å². The first-order valence-corrected chi connectivity index (χ1v) is 31.7. The predicted molar refractivity (Wildman–Crippen MR) is 375 cm³/mol. The van der Waals surface area contributed by atoms with E-state index in [-0.39, 0.29) is 39.2 Å². The third-order valence-electron chi connectivity index (χ3n) is 19.2. The second kappa shape index (κ2) is 19.1. The molecule has 0 radical (unpaired) electrons. The standard InChI is InChI=1S/C82H83BN4/c1-77(2,3)53-29-35-67-61(45-53)71-59(48-25-21-19-22-26-48)31-33-63-74(71)86(67)69-41-52(42-70-73(69)83(63)64-34-32-60(49-27-23-20-24-28-49)72-62-46-54(78(4,5)6)30-36-68(62)87(70)75(64)72)76-84-65(50-37-55(79(7,8)9)43-56(38-50)80(10,11)12)47-66(85-76)51-39-57(81(13,14)15)44-58(40-51)82(16,17)18/h19-47H,1-18H3. The summed E-state index contributed by atoms with van der Waals surface area (Å²) < 4.78 is 5.27. The summed E-state index contributed by atoms with van der Waals surface area (Å²) >= 11 is 0. The first kappa shape index (κ1) is 56.5. The van der Waals surface area contributed by atoms with Crippen molar-refractivity contribution in [2.24, 2.45) is 0 Å². The van der Waals surface area contributed by atoms with E-state index in [0.29, 0.717) is 5.82 Å². The van der Waals surface area contributed by atoms with E-state index in [0.717, 1.165) is 39.5 Å². The fourth-order valence-corrected chi connectivity index (χ4v) is 14.0. The molecule has 0 bridgehead atoms. The van der Waals surface area contributed by atoms with E-state index in [9.17, 15) is 0 Å². The highest BCUT2D eigenvalue weighted by atomic mass is 15.0. The van der Waals surface area contributed by atoms with Crippen molar-refractivity contribution in [3.8, 4) is 67.5 Å². The molecule has 0 N–H and O–H groups in total. The lowest BCUT2D eigenvalue weighted by Crippen LogP contribution is -2.59. The van der Waals surface area contributed by atoms with E-state index < -0.39 is 0 Å². The minimum absolute atomic E-state index is 0.0687. The average molecular weight is 1140 g/mol. The molecule has 5 heterocycles. The number of nitrogens with zero attached hydrogens (tertiary/aromatic N) is 4. The van der Waals surface area contributed by atoms with Crippen LogP contribution in [-0.2, 0) is 32.5 Å². The minimum atomic E-state index is -0.0978. The van der Waals surface area contributed by atoms with Gasteiger partial charge in [-0.25, -0.2) is 9.97 Å². The van der Waals surface area contributed by atoms with E-state index in [4.69, 9.17) is 9.97 Å². The van der Waals surface area contributed by atoms with Gasteiger partial charge in [-0.1, -0.05) is 234 Å². The molecule has 3 aromatic heterocycles. The van der Waals surface area contributed by atoms with Gasteiger partial charge in [-0.3, -0.25) is 0 Å². The summed E-state index contributed by atoms with van der Waals surface area (Å²) in [5.74, 6) is 0.702. The molecule has 0 spiro atoms. The van der Waals surface area contributed by atoms with E-state index in [1.807, 2.05) is 0 Å². The Morgan fingerprint density at radius 3 is 1.01 bits per heavy atom. The molecule has 2 aliphatic rings. The van der Waals surface area contributed by atoms with E-state index >= 15 is 0 Å². The molecule has 2 aliphatic heterocycles. The Morgan fingerprint density at radius 1 is 0.310 bits per heavy atom. The topological polar surface area (TPSA) is 35.6 Å². The van der Waals surface area contributed by atoms with Gasteiger partial charge in [-0.2, -0.15) is 0 Å². The minimum Gasteiger partial charge on any atom is -0.310 e. The molecule has 0 saturated carbocycles. The molecule has 5 heteroatoms. The van der Waals surface area contributed by atoms with Gasteiger partial charge < -0.3 is 9.13 Å². The quantitative estimate of drug-likeness (QED) is 0.161. The van der Waals surface area contributed by atoms with Crippen molar-refractivity contribution in [3.05, 3.63) is 209 Å². The second-order valence-corrected chi connectivity index (χ2v) is 31.6. The summed E-state index contributed by atoms with van der Waals surface area (Å²) in [6.45, 7) is 41.9. The van der Waals surface area contributed by atoms with Crippen LogP contribution in [0.5, 0.6) is 0 Å². The summed E-state index contributed by atoms with van der Waals surface area (Å²) in [4.78, 5) is 11.8. The van der Waals surface area contributed by atoms with Crippen LogP contribution in [0.15, 0.2) is 176 Å². The molecule has 0 unspecified atom stereocenters. The van der Waals surface area contributed by atoms with Gasteiger partial charge >= 0.3 is 0 Å². The first-order valence-electron chi connectivity index (χ1n) is 31.7. The largest absolute Gasteiger partial charge is 0.310 e. The zero-order valence-electron chi connectivity index (χ0n) is 54.6. The number of rotatable bonds is 5. The number of fused-ring (bicyclic) bond motifs is 10. The Labute approximate surface area is 516 Å². The number of benzene rings is 9. The summed E-state index contributed by atoms with van der Waals surface area (Å²) in [7, 11) is 0. The van der Waals surface area contributed by atoms with Crippen molar-refractivity contribution in [2.75, 3.05) is 0 Å². The number of aromatic nitrogens is 4. The number of hydrogen-bond donors (Lipinski definition) is 0. The molecule has 12 aromatic rings. The molecule has 0 fully saturated rings. The summed E-state index contributed by atoms with van der Waals surface area (Å²) in [6, 6.07) is 68.1. The predicted octanol–water partition coefficient (Wildman–Crippen LogP) is 19.9. The second-order valence-electron chi connectivity index (χ2n) is 31.6. The average Bonchev–Trinajstić information content (AvgIpc) is 1.57. The fourth-order valence-electron chi connectivity index (χ4n) is 14.0. The van der Waals surface area contributed by atoms with Crippen LogP contribution in [0.2, 0.25) is 0 Å². The van der Waals surface area contributed by atoms with Gasteiger partial charge in [0.2, 0.25) is 0 Å². The molecule has 0 aliphatic carbocycles. The Bertz CT molecular complexity index is 4470. The van der Waals surface area contributed by atoms with Crippen LogP contribution in [0.1, 0.15) is 158 Å². The lowest BCUT2D eigenvalue weighted by molar-refractivity contribution is 0.568. The van der Waals surface area contributed by atoms with Crippen molar-refractivity contribution in [1.82, 2.24) is 19.1 Å². The van der Waals surface area contributed by atoms with Crippen LogP contribution in [-0.4, -0.2) is 25.8 Å². The third-order valence-corrected chi connectivity index (χ3v) is 19.2. The monoisotopic (exact) mass is 1130 g/mol. The zero-order valence-corrected chi connectivity index (χ0v) is 54.6. The van der Waals surface area contributed by atoms with Crippen LogP contribution < -0.4 is 16.4 Å². The maximum Gasteiger partial charge on any atom is 0.252 e. The maximum atomic E-state index is 5.89. The molecule has 0 atom stereocenters. The lowest BCUT2D eigenvalue weighted by atomic mass is 9.34. The SMILES string of the molecule is CC(C)(C)c1cc(-c2cc(-c3cc(C(C)(C)C)cc(C(C)(C)C)c3)nc(-c3cc4c5c(c3)-n3c6ccc(C(C)(C)C)cc6c6c(-c7ccccc7)ccc(c63)B5c3ccc(-c5ccccc5)c5c6cc(C(C)(C)C)ccc6n-4c35)n2)cc(C(C)(C)C)c1. The first-order chi connectivity index (χ1) is 40.9. The fraction of sp³-hybridized carbons (Fsp3) is 0.293. The van der Waals surface area contributed by atoms with Gasteiger partial charge in [0.15, 0.2) is 5.82 Å². The summed E-state index contributed by atoms with van der Waals surface area (Å²) in [6.07, 6.45) is 0. The van der Waals surface area contributed by atoms with Crippen LogP contribution in [0.25, 0.3) is 111 Å². The van der Waals surface area contributed by atoms with Crippen molar-refractivity contribution < 1.29 is 0 Å². The molecule has 0 saturated heterocycles. The van der Waals surface area contributed by atoms with Gasteiger partial charge in [0.25, 0.3) is 6.71 Å². The van der Waals surface area contributed by atoms with E-state index in [1.165, 1.54) is 116 Å². The molecule has 9 aromatic carbocycles. The molecule has 0 amide bonds. The normalized spacial score (nSPS) is 13.6. The Morgan fingerprint density at radius 2 is 0.667 bits per heavy atom. The summed E-state index contributed by atoms with van der Waals surface area (Å²) in [5.41, 5.74) is 28.4. The van der Waals surface area contributed by atoms with Gasteiger partial charge in [-0.05, 0) is 171 Å². The highest BCUT2D eigenvalue weighted by Gasteiger charge is 2.43. The highest BCUT2D eigenvalue weighted by Crippen LogP contribution is 2.47. The van der Waals surface area contributed by atoms with E-state index in [2.05, 4.69) is 310 Å². The third kappa shape index (κ3) is 9.23. The molecule has 434 valence electrons.